The van der Waals surface area contributed by atoms with Crippen molar-refractivity contribution in [3.63, 3.8) is 0 Å². The van der Waals surface area contributed by atoms with Crippen molar-refractivity contribution in [3.8, 4) is 11.8 Å². The van der Waals surface area contributed by atoms with Crippen LogP contribution in [-0.4, -0.2) is 7.11 Å². The standard InChI is InChI=1S/C11H12FNO/c1-7(2)11-8(6-13)4-9(12)5-10(11)14-3/h4-5,7H,1-3H3. The molecule has 0 unspecified atom stereocenters. The molecule has 0 aliphatic carbocycles. The van der Waals surface area contributed by atoms with Crippen molar-refractivity contribution in [1.82, 2.24) is 0 Å². The molecule has 0 aromatic heterocycles. The van der Waals surface area contributed by atoms with Gasteiger partial charge in [-0.15, -0.1) is 0 Å². The number of hydrogen-bond donors (Lipinski definition) is 0. The molecule has 1 rings (SSSR count). The summed E-state index contributed by atoms with van der Waals surface area (Å²) in [6.07, 6.45) is 0. The summed E-state index contributed by atoms with van der Waals surface area (Å²) in [6.45, 7) is 3.88. The first-order chi connectivity index (χ1) is 6.60. The van der Waals surface area contributed by atoms with Gasteiger partial charge in [0, 0.05) is 11.6 Å². The van der Waals surface area contributed by atoms with E-state index in [2.05, 4.69) is 0 Å². The largest absolute Gasteiger partial charge is 0.496 e. The Morgan fingerprint density at radius 3 is 2.50 bits per heavy atom. The molecule has 0 saturated heterocycles. The zero-order valence-electron chi connectivity index (χ0n) is 8.47. The summed E-state index contributed by atoms with van der Waals surface area (Å²) in [5, 5.41) is 8.84. The summed E-state index contributed by atoms with van der Waals surface area (Å²) in [4.78, 5) is 0. The molecule has 1 aromatic carbocycles. The van der Waals surface area contributed by atoms with Gasteiger partial charge < -0.3 is 4.74 Å². The molecule has 74 valence electrons. The monoisotopic (exact) mass is 193 g/mol. The molecule has 0 saturated carbocycles. The van der Waals surface area contributed by atoms with Gasteiger partial charge in [-0.05, 0) is 12.0 Å². The van der Waals surface area contributed by atoms with Crippen LogP contribution in [0, 0.1) is 17.1 Å². The number of halogens is 1. The van der Waals surface area contributed by atoms with Gasteiger partial charge in [-0.25, -0.2) is 4.39 Å². The predicted molar refractivity (Wildman–Crippen MR) is 51.8 cm³/mol. The Kier molecular flexibility index (Phi) is 3.08. The van der Waals surface area contributed by atoms with Gasteiger partial charge in [-0.3, -0.25) is 0 Å². The maximum Gasteiger partial charge on any atom is 0.128 e. The fourth-order valence-electron chi connectivity index (χ4n) is 1.45. The number of nitriles is 1. The first-order valence-corrected chi connectivity index (χ1v) is 4.37. The van der Waals surface area contributed by atoms with Gasteiger partial charge in [0.1, 0.15) is 11.6 Å². The summed E-state index contributed by atoms with van der Waals surface area (Å²) in [5.41, 5.74) is 1.10. The van der Waals surface area contributed by atoms with E-state index < -0.39 is 5.82 Å². The highest BCUT2D eigenvalue weighted by Gasteiger charge is 2.14. The van der Waals surface area contributed by atoms with E-state index in [1.807, 2.05) is 19.9 Å². The quantitative estimate of drug-likeness (QED) is 0.723. The van der Waals surface area contributed by atoms with Crippen molar-refractivity contribution in [3.05, 3.63) is 29.1 Å². The Balaban J connectivity index is 3.42. The molecule has 14 heavy (non-hydrogen) atoms. The van der Waals surface area contributed by atoms with Crippen molar-refractivity contribution < 1.29 is 9.13 Å². The number of nitrogens with zero attached hydrogens (tertiary/aromatic N) is 1. The molecule has 0 fully saturated rings. The van der Waals surface area contributed by atoms with E-state index >= 15 is 0 Å². The molecule has 2 nitrogen and oxygen atoms in total. The molecule has 0 amide bonds. The van der Waals surface area contributed by atoms with Gasteiger partial charge in [0.05, 0.1) is 18.7 Å². The van der Waals surface area contributed by atoms with E-state index in [9.17, 15) is 4.39 Å². The minimum absolute atomic E-state index is 0.139. The van der Waals surface area contributed by atoms with E-state index in [-0.39, 0.29) is 5.92 Å². The van der Waals surface area contributed by atoms with Crippen molar-refractivity contribution in [2.45, 2.75) is 19.8 Å². The minimum atomic E-state index is -0.442. The maximum absolute atomic E-state index is 13.0. The van der Waals surface area contributed by atoms with Crippen molar-refractivity contribution in [2.24, 2.45) is 0 Å². The molecule has 0 spiro atoms. The zero-order valence-corrected chi connectivity index (χ0v) is 8.47. The molecule has 0 heterocycles. The Bertz CT molecular complexity index is 380. The molecule has 3 heteroatoms. The summed E-state index contributed by atoms with van der Waals surface area (Å²) in [7, 11) is 1.47. The van der Waals surface area contributed by atoms with E-state index in [4.69, 9.17) is 10.00 Å². The molecule has 1 aromatic rings. The van der Waals surface area contributed by atoms with Crippen LogP contribution in [0.15, 0.2) is 12.1 Å². The van der Waals surface area contributed by atoms with Gasteiger partial charge in [-0.1, -0.05) is 13.8 Å². The highest BCUT2D eigenvalue weighted by molar-refractivity contribution is 5.48. The average molecular weight is 193 g/mol. The lowest BCUT2D eigenvalue weighted by molar-refractivity contribution is 0.403. The lowest BCUT2D eigenvalue weighted by Gasteiger charge is -2.13. The SMILES string of the molecule is COc1cc(F)cc(C#N)c1C(C)C. The number of ether oxygens (including phenoxy) is 1. The second-order valence-electron chi connectivity index (χ2n) is 3.34. The molecule has 0 bridgehead atoms. The summed E-state index contributed by atoms with van der Waals surface area (Å²) in [6, 6.07) is 4.51. The highest BCUT2D eigenvalue weighted by atomic mass is 19.1. The summed E-state index contributed by atoms with van der Waals surface area (Å²) >= 11 is 0. The summed E-state index contributed by atoms with van der Waals surface area (Å²) < 4.78 is 18.1. The molecule has 0 aliphatic rings. The van der Waals surface area contributed by atoms with Crippen LogP contribution in [0.1, 0.15) is 30.9 Å². The van der Waals surface area contributed by atoms with E-state index in [0.717, 1.165) is 5.56 Å². The first-order valence-electron chi connectivity index (χ1n) is 4.37. The van der Waals surface area contributed by atoms with E-state index in [0.29, 0.717) is 11.3 Å². The smallest absolute Gasteiger partial charge is 0.128 e. The number of hydrogen-bond acceptors (Lipinski definition) is 2. The Morgan fingerprint density at radius 1 is 1.43 bits per heavy atom. The Morgan fingerprint density at radius 2 is 2.07 bits per heavy atom. The van der Waals surface area contributed by atoms with Crippen LogP contribution in [0.25, 0.3) is 0 Å². The van der Waals surface area contributed by atoms with Gasteiger partial charge in [-0.2, -0.15) is 5.26 Å². The van der Waals surface area contributed by atoms with Crippen LogP contribution in [0.5, 0.6) is 5.75 Å². The lowest BCUT2D eigenvalue weighted by atomic mass is 9.96. The molecule has 0 radical (unpaired) electrons. The number of rotatable bonds is 2. The van der Waals surface area contributed by atoms with Crippen molar-refractivity contribution in [1.29, 1.82) is 5.26 Å². The van der Waals surface area contributed by atoms with Crippen LogP contribution in [-0.2, 0) is 0 Å². The van der Waals surface area contributed by atoms with Crippen molar-refractivity contribution >= 4 is 0 Å². The van der Waals surface area contributed by atoms with Crippen LogP contribution in [0.3, 0.4) is 0 Å². The third-order valence-electron chi connectivity index (χ3n) is 2.02. The van der Waals surface area contributed by atoms with E-state index in [1.165, 1.54) is 19.2 Å². The Hall–Kier alpha value is -1.56. The van der Waals surface area contributed by atoms with Crippen LogP contribution in [0.2, 0.25) is 0 Å². The van der Waals surface area contributed by atoms with Gasteiger partial charge in [0.15, 0.2) is 0 Å². The average Bonchev–Trinajstić information content (AvgIpc) is 2.15. The molecular weight excluding hydrogens is 181 g/mol. The van der Waals surface area contributed by atoms with Crippen LogP contribution in [0.4, 0.5) is 4.39 Å². The first kappa shape index (κ1) is 10.5. The molecule has 0 N–H and O–H groups in total. The zero-order chi connectivity index (χ0) is 10.7. The lowest BCUT2D eigenvalue weighted by Crippen LogP contribution is -1.99. The molecule has 0 aliphatic heterocycles. The molecular formula is C11H12FNO. The topological polar surface area (TPSA) is 33.0 Å². The third kappa shape index (κ3) is 1.85. The van der Waals surface area contributed by atoms with Crippen LogP contribution >= 0.6 is 0 Å². The Labute approximate surface area is 82.9 Å². The predicted octanol–water partition coefficient (Wildman–Crippen LogP) is 2.83. The minimum Gasteiger partial charge on any atom is -0.496 e. The van der Waals surface area contributed by atoms with Crippen LogP contribution < -0.4 is 4.74 Å². The van der Waals surface area contributed by atoms with Gasteiger partial charge in [0.25, 0.3) is 0 Å². The fraction of sp³-hybridized carbons (Fsp3) is 0.364. The van der Waals surface area contributed by atoms with E-state index in [1.54, 1.807) is 0 Å². The second-order valence-corrected chi connectivity index (χ2v) is 3.34. The number of benzene rings is 1. The summed E-state index contributed by atoms with van der Waals surface area (Å²) in [5.74, 6) is 0.138. The second kappa shape index (κ2) is 4.10. The van der Waals surface area contributed by atoms with Gasteiger partial charge in [0.2, 0.25) is 0 Å². The van der Waals surface area contributed by atoms with Crippen molar-refractivity contribution in [2.75, 3.05) is 7.11 Å². The third-order valence-corrected chi connectivity index (χ3v) is 2.02. The number of methoxy groups -OCH3 is 1. The maximum atomic E-state index is 13.0. The fourth-order valence-corrected chi connectivity index (χ4v) is 1.45. The highest BCUT2D eigenvalue weighted by Crippen LogP contribution is 2.30. The normalized spacial score (nSPS) is 10.0. The van der Waals surface area contributed by atoms with Gasteiger partial charge >= 0.3 is 0 Å². The molecule has 0 atom stereocenters.